The van der Waals surface area contributed by atoms with Gasteiger partial charge in [-0.05, 0) is 32.2 Å². The van der Waals surface area contributed by atoms with Crippen molar-refractivity contribution >= 4 is 11.3 Å². The van der Waals surface area contributed by atoms with Crippen molar-refractivity contribution in [2.24, 2.45) is 5.92 Å². The molecule has 0 aliphatic heterocycles. The number of nitrogens with zero attached hydrogens (tertiary/aromatic N) is 1. The van der Waals surface area contributed by atoms with Crippen LogP contribution in [0.1, 0.15) is 68.3 Å². The van der Waals surface area contributed by atoms with Crippen LogP contribution < -0.4 is 5.32 Å². The Kier molecular flexibility index (Phi) is 4.57. The second-order valence-corrected chi connectivity index (χ2v) is 6.43. The molecule has 1 aromatic heterocycles. The lowest BCUT2D eigenvalue weighted by atomic mass is 9.83. The Labute approximate surface area is 109 Å². The van der Waals surface area contributed by atoms with Gasteiger partial charge < -0.3 is 5.32 Å². The van der Waals surface area contributed by atoms with Crippen LogP contribution in [-0.2, 0) is 0 Å². The molecular weight excluding hydrogens is 228 g/mol. The van der Waals surface area contributed by atoms with Gasteiger partial charge in [0.25, 0.3) is 0 Å². The van der Waals surface area contributed by atoms with Gasteiger partial charge in [0.05, 0.1) is 5.01 Å². The first-order chi connectivity index (χ1) is 8.20. The van der Waals surface area contributed by atoms with Crippen LogP contribution in [0.4, 0.5) is 0 Å². The fraction of sp³-hybridized carbons (Fsp3) is 0.786. The van der Waals surface area contributed by atoms with Crippen LogP contribution in [0.5, 0.6) is 0 Å². The molecule has 0 bridgehead atoms. The van der Waals surface area contributed by atoms with E-state index >= 15 is 0 Å². The first-order valence-corrected chi connectivity index (χ1v) is 7.71. The van der Waals surface area contributed by atoms with Crippen molar-refractivity contribution < 1.29 is 0 Å². The highest BCUT2D eigenvalue weighted by atomic mass is 32.1. The number of aromatic nitrogens is 1. The molecule has 1 saturated carbocycles. The van der Waals surface area contributed by atoms with Crippen molar-refractivity contribution in [3.05, 3.63) is 16.1 Å². The normalized spacial score (nSPS) is 27.0. The van der Waals surface area contributed by atoms with Gasteiger partial charge in [-0.25, -0.2) is 4.98 Å². The van der Waals surface area contributed by atoms with Gasteiger partial charge in [0.15, 0.2) is 0 Å². The lowest BCUT2D eigenvalue weighted by Crippen LogP contribution is -2.16. The molecule has 0 spiro atoms. The van der Waals surface area contributed by atoms with E-state index in [-0.39, 0.29) is 0 Å². The minimum Gasteiger partial charge on any atom is -0.310 e. The van der Waals surface area contributed by atoms with Crippen molar-refractivity contribution in [2.45, 2.75) is 58.4 Å². The molecule has 1 aromatic rings. The van der Waals surface area contributed by atoms with Crippen LogP contribution in [0.25, 0.3) is 0 Å². The van der Waals surface area contributed by atoms with Crippen LogP contribution in [0.3, 0.4) is 0 Å². The Morgan fingerprint density at radius 1 is 1.41 bits per heavy atom. The van der Waals surface area contributed by atoms with Crippen molar-refractivity contribution in [1.82, 2.24) is 10.3 Å². The highest BCUT2D eigenvalue weighted by Gasteiger charge is 2.22. The van der Waals surface area contributed by atoms with Gasteiger partial charge in [-0.3, -0.25) is 0 Å². The van der Waals surface area contributed by atoms with Crippen LogP contribution in [0, 0.1) is 5.92 Å². The molecule has 1 N–H and O–H groups in total. The summed E-state index contributed by atoms with van der Waals surface area (Å²) in [5.41, 5.74) is 0. The van der Waals surface area contributed by atoms with Crippen molar-refractivity contribution in [3.63, 3.8) is 0 Å². The molecule has 1 unspecified atom stereocenters. The summed E-state index contributed by atoms with van der Waals surface area (Å²) in [5.74, 6) is 1.66. The summed E-state index contributed by atoms with van der Waals surface area (Å²) in [7, 11) is 0. The first-order valence-electron chi connectivity index (χ1n) is 6.89. The third-order valence-corrected chi connectivity index (χ3v) is 5.19. The summed E-state index contributed by atoms with van der Waals surface area (Å²) in [4.78, 5) is 6.04. The standard InChI is InChI=1S/C14H24N2S/c1-4-15-11(3)13-9-16-14(17-13)12-7-5-10(2)6-8-12/h9-12,15H,4-8H2,1-3H3. The molecule has 1 heterocycles. The Hall–Kier alpha value is -0.410. The fourth-order valence-corrected chi connectivity index (χ4v) is 3.72. The zero-order valence-electron chi connectivity index (χ0n) is 11.2. The molecule has 0 radical (unpaired) electrons. The molecule has 3 heteroatoms. The molecule has 2 nitrogen and oxygen atoms in total. The molecule has 1 aliphatic carbocycles. The van der Waals surface area contributed by atoms with E-state index < -0.39 is 0 Å². The lowest BCUT2D eigenvalue weighted by Gasteiger charge is -2.24. The average Bonchev–Trinajstić information content (AvgIpc) is 2.80. The van der Waals surface area contributed by atoms with Gasteiger partial charge in [-0.15, -0.1) is 11.3 Å². The molecule has 0 saturated heterocycles. The van der Waals surface area contributed by atoms with Crippen LogP contribution in [0.2, 0.25) is 0 Å². The minimum absolute atomic E-state index is 0.453. The topological polar surface area (TPSA) is 24.9 Å². The van der Waals surface area contributed by atoms with E-state index in [9.17, 15) is 0 Å². The van der Waals surface area contributed by atoms with Crippen molar-refractivity contribution in [3.8, 4) is 0 Å². The number of hydrogen-bond donors (Lipinski definition) is 1. The van der Waals surface area contributed by atoms with Crippen LogP contribution in [0.15, 0.2) is 6.20 Å². The highest BCUT2D eigenvalue weighted by molar-refractivity contribution is 7.11. The molecule has 1 aliphatic rings. The van der Waals surface area contributed by atoms with E-state index in [0.717, 1.165) is 18.4 Å². The Balaban J connectivity index is 1.98. The third kappa shape index (κ3) is 3.29. The Morgan fingerprint density at radius 3 is 2.76 bits per heavy atom. The zero-order chi connectivity index (χ0) is 12.3. The van der Waals surface area contributed by atoms with Gasteiger partial charge in [-0.2, -0.15) is 0 Å². The van der Waals surface area contributed by atoms with Crippen LogP contribution in [-0.4, -0.2) is 11.5 Å². The smallest absolute Gasteiger partial charge is 0.0959 e. The second kappa shape index (κ2) is 5.96. The maximum atomic E-state index is 4.65. The molecule has 17 heavy (non-hydrogen) atoms. The summed E-state index contributed by atoms with van der Waals surface area (Å²) in [6.45, 7) is 7.77. The number of thiazole rings is 1. The first kappa shape index (κ1) is 13.0. The van der Waals surface area contributed by atoms with Crippen LogP contribution >= 0.6 is 11.3 Å². The van der Waals surface area contributed by atoms with E-state index in [0.29, 0.717) is 6.04 Å². The number of hydrogen-bond acceptors (Lipinski definition) is 3. The second-order valence-electron chi connectivity index (χ2n) is 5.34. The lowest BCUT2D eigenvalue weighted by molar-refractivity contribution is 0.347. The zero-order valence-corrected chi connectivity index (χ0v) is 12.0. The van der Waals surface area contributed by atoms with Gasteiger partial charge >= 0.3 is 0 Å². The fourth-order valence-electron chi connectivity index (χ4n) is 2.60. The quantitative estimate of drug-likeness (QED) is 0.872. The minimum atomic E-state index is 0.453. The SMILES string of the molecule is CCNC(C)c1cnc(C2CCC(C)CC2)s1. The number of rotatable bonds is 4. The summed E-state index contributed by atoms with van der Waals surface area (Å²) >= 11 is 1.92. The van der Waals surface area contributed by atoms with E-state index in [2.05, 4.69) is 37.3 Å². The molecule has 0 aromatic carbocycles. The summed E-state index contributed by atoms with van der Waals surface area (Å²) in [6, 6.07) is 0.453. The van der Waals surface area contributed by atoms with Gasteiger partial charge in [0.1, 0.15) is 0 Å². The molecular formula is C14H24N2S. The monoisotopic (exact) mass is 252 g/mol. The molecule has 0 amide bonds. The molecule has 96 valence electrons. The molecule has 1 atom stereocenters. The van der Waals surface area contributed by atoms with Gasteiger partial charge in [0, 0.05) is 23.0 Å². The van der Waals surface area contributed by atoms with Crippen molar-refractivity contribution in [1.29, 1.82) is 0 Å². The maximum Gasteiger partial charge on any atom is 0.0959 e. The van der Waals surface area contributed by atoms with Gasteiger partial charge in [-0.1, -0.05) is 26.7 Å². The average molecular weight is 252 g/mol. The maximum absolute atomic E-state index is 4.65. The summed E-state index contributed by atoms with van der Waals surface area (Å²) in [5, 5.41) is 4.83. The molecule has 1 fully saturated rings. The Morgan fingerprint density at radius 2 is 2.12 bits per heavy atom. The summed E-state index contributed by atoms with van der Waals surface area (Å²) in [6.07, 6.45) is 7.50. The van der Waals surface area contributed by atoms with Gasteiger partial charge in [0.2, 0.25) is 0 Å². The van der Waals surface area contributed by atoms with Crippen molar-refractivity contribution in [2.75, 3.05) is 6.54 Å². The Bertz CT molecular complexity index is 340. The highest BCUT2D eigenvalue weighted by Crippen LogP contribution is 2.37. The number of nitrogens with one attached hydrogen (secondary N) is 1. The molecule has 2 rings (SSSR count). The third-order valence-electron chi connectivity index (χ3n) is 3.84. The predicted octanol–water partition coefficient (Wildman–Crippen LogP) is 4.11. The van der Waals surface area contributed by atoms with E-state index in [1.807, 2.05) is 11.3 Å². The predicted molar refractivity (Wildman–Crippen MR) is 74.6 cm³/mol. The largest absolute Gasteiger partial charge is 0.310 e. The summed E-state index contributed by atoms with van der Waals surface area (Å²) < 4.78 is 0. The van der Waals surface area contributed by atoms with E-state index in [4.69, 9.17) is 0 Å². The van der Waals surface area contributed by atoms with E-state index in [1.165, 1.54) is 35.6 Å². The van der Waals surface area contributed by atoms with E-state index in [1.54, 1.807) is 0 Å².